The highest BCUT2D eigenvalue weighted by atomic mass is 16.5. The molecule has 1 aliphatic heterocycles. The van der Waals surface area contributed by atoms with E-state index in [0.29, 0.717) is 12.1 Å². The molecule has 0 aromatic rings. The van der Waals surface area contributed by atoms with Crippen LogP contribution in [0.4, 0.5) is 0 Å². The number of ether oxygens (including phenoxy) is 1. The molecule has 0 saturated carbocycles. The molecule has 76 valence electrons. The summed E-state index contributed by atoms with van der Waals surface area (Å²) < 4.78 is 5.60. The third-order valence-electron chi connectivity index (χ3n) is 2.52. The second-order valence-electron chi connectivity index (χ2n) is 3.65. The maximum absolute atomic E-state index is 5.60. The van der Waals surface area contributed by atoms with Crippen LogP contribution in [0.2, 0.25) is 0 Å². The second kappa shape index (κ2) is 6.17. The molecule has 1 aliphatic rings. The number of hydrogen-bond donors (Lipinski definition) is 1. The van der Waals surface area contributed by atoms with Crippen molar-refractivity contribution >= 4 is 0 Å². The van der Waals surface area contributed by atoms with E-state index >= 15 is 0 Å². The predicted octanol–water partition coefficient (Wildman–Crippen LogP) is 2.11. The zero-order chi connectivity index (χ0) is 9.52. The summed E-state index contributed by atoms with van der Waals surface area (Å²) in [6, 6.07) is 0.561. The fourth-order valence-corrected chi connectivity index (χ4v) is 1.90. The Morgan fingerprint density at radius 3 is 3.08 bits per heavy atom. The molecule has 0 spiro atoms. The summed E-state index contributed by atoms with van der Waals surface area (Å²) in [6.45, 7) is 7.91. The third-order valence-corrected chi connectivity index (χ3v) is 2.52. The Morgan fingerprint density at radius 2 is 2.54 bits per heavy atom. The Labute approximate surface area is 81.4 Å². The quantitative estimate of drug-likeness (QED) is 0.637. The average molecular weight is 183 g/mol. The summed E-state index contributed by atoms with van der Waals surface area (Å²) in [5.74, 6) is 0. The van der Waals surface area contributed by atoms with Gasteiger partial charge >= 0.3 is 0 Å². The molecule has 1 heterocycles. The first-order chi connectivity index (χ1) is 6.36. The van der Waals surface area contributed by atoms with Gasteiger partial charge in [0.2, 0.25) is 0 Å². The summed E-state index contributed by atoms with van der Waals surface area (Å²) >= 11 is 0. The molecular formula is C11H21NO. The van der Waals surface area contributed by atoms with Crippen molar-refractivity contribution in [3.8, 4) is 0 Å². The molecule has 0 aromatic carbocycles. The van der Waals surface area contributed by atoms with Crippen molar-refractivity contribution in [2.45, 2.75) is 44.8 Å². The molecule has 2 nitrogen and oxygen atoms in total. The normalized spacial score (nSPS) is 24.5. The van der Waals surface area contributed by atoms with E-state index in [9.17, 15) is 0 Å². The Morgan fingerprint density at radius 1 is 1.69 bits per heavy atom. The molecule has 0 bridgehead atoms. The topological polar surface area (TPSA) is 21.3 Å². The van der Waals surface area contributed by atoms with Gasteiger partial charge in [0.15, 0.2) is 0 Å². The molecule has 1 rings (SSSR count). The summed E-state index contributed by atoms with van der Waals surface area (Å²) in [5, 5.41) is 3.46. The monoisotopic (exact) mass is 183 g/mol. The minimum atomic E-state index is 0.490. The van der Waals surface area contributed by atoms with Gasteiger partial charge in [-0.05, 0) is 32.2 Å². The lowest BCUT2D eigenvalue weighted by Crippen LogP contribution is -2.31. The van der Waals surface area contributed by atoms with Crippen LogP contribution in [-0.4, -0.2) is 25.3 Å². The van der Waals surface area contributed by atoms with Crippen LogP contribution in [0.3, 0.4) is 0 Å². The molecule has 1 fully saturated rings. The molecule has 0 aromatic heterocycles. The van der Waals surface area contributed by atoms with Crippen molar-refractivity contribution in [1.82, 2.24) is 5.32 Å². The molecule has 1 saturated heterocycles. The van der Waals surface area contributed by atoms with Crippen molar-refractivity contribution in [2.24, 2.45) is 0 Å². The first-order valence-corrected chi connectivity index (χ1v) is 5.32. The van der Waals surface area contributed by atoms with Crippen molar-refractivity contribution in [1.29, 1.82) is 0 Å². The predicted molar refractivity (Wildman–Crippen MR) is 55.9 cm³/mol. The first kappa shape index (κ1) is 10.7. The van der Waals surface area contributed by atoms with Crippen LogP contribution >= 0.6 is 0 Å². The van der Waals surface area contributed by atoms with Gasteiger partial charge in [0.05, 0.1) is 6.10 Å². The molecule has 2 unspecified atom stereocenters. The van der Waals surface area contributed by atoms with E-state index in [1.165, 1.54) is 12.8 Å². The fourth-order valence-electron chi connectivity index (χ4n) is 1.90. The van der Waals surface area contributed by atoms with Gasteiger partial charge in [0.1, 0.15) is 0 Å². The van der Waals surface area contributed by atoms with Crippen LogP contribution in [-0.2, 0) is 4.74 Å². The maximum atomic E-state index is 5.60. The van der Waals surface area contributed by atoms with E-state index in [1.54, 1.807) is 0 Å². The lowest BCUT2D eigenvalue weighted by molar-refractivity contribution is 0.0950. The Kier molecular flexibility index (Phi) is 5.09. The number of rotatable bonds is 6. The van der Waals surface area contributed by atoms with E-state index in [4.69, 9.17) is 4.74 Å². The number of nitrogens with one attached hydrogen (secondary N) is 1. The van der Waals surface area contributed by atoms with Crippen LogP contribution in [0.25, 0.3) is 0 Å². The van der Waals surface area contributed by atoms with E-state index in [0.717, 1.165) is 26.0 Å². The minimum absolute atomic E-state index is 0.490. The lowest BCUT2D eigenvalue weighted by atomic mass is 10.0. The van der Waals surface area contributed by atoms with E-state index in [-0.39, 0.29) is 0 Å². The summed E-state index contributed by atoms with van der Waals surface area (Å²) in [4.78, 5) is 0. The van der Waals surface area contributed by atoms with E-state index < -0.39 is 0 Å². The minimum Gasteiger partial charge on any atom is -0.378 e. The van der Waals surface area contributed by atoms with Gasteiger partial charge in [0.25, 0.3) is 0 Å². The smallest absolute Gasteiger partial charge is 0.0590 e. The highest BCUT2D eigenvalue weighted by Crippen LogP contribution is 2.18. The van der Waals surface area contributed by atoms with Gasteiger partial charge < -0.3 is 10.1 Å². The standard InChI is InChI=1S/C11H21NO/c1-3-6-10(12-4-2)9-11-7-5-8-13-11/h3,10-12H,1,4-9H2,2H3. The molecule has 2 heteroatoms. The zero-order valence-electron chi connectivity index (χ0n) is 8.59. The van der Waals surface area contributed by atoms with E-state index in [2.05, 4.69) is 18.8 Å². The largest absolute Gasteiger partial charge is 0.378 e. The van der Waals surface area contributed by atoms with Gasteiger partial charge in [-0.2, -0.15) is 0 Å². The number of hydrogen-bond acceptors (Lipinski definition) is 2. The third kappa shape index (κ3) is 3.92. The highest BCUT2D eigenvalue weighted by molar-refractivity contribution is 4.81. The van der Waals surface area contributed by atoms with Crippen LogP contribution in [0.15, 0.2) is 12.7 Å². The molecule has 0 amide bonds. The maximum Gasteiger partial charge on any atom is 0.0590 e. The summed E-state index contributed by atoms with van der Waals surface area (Å²) in [5.41, 5.74) is 0. The highest BCUT2D eigenvalue weighted by Gasteiger charge is 2.19. The van der Waals surface area contributed by atoms with Gasteiger partial charge in [-0.15, -0.1) is 6.58 Å². The van der Waals surface area contributed by atoms with Crippen molar-refractivity contribution in [3.63, 3.8) is 0 Å². The SMILES string of the molecule is C=CCC(CC1CCCO1)NCC. The molecule has 0 aliphatic carbocycles. The zero-order valence-corrected chi connectivity index (χ0v) is 8.59. The Balaban J connectivity index is 2.22. The van der Waals surface area contributed by atoms with Gasteiger partial charge in [-0.1, -0.05) is 13.0 Å². The lowest BCUT2D eigenvalue weighted by Gasteiger charge is -2.19. The summed E-state index contributed by atoms with van der Waals surface area (Å²) in [6.07, 6.45) is 7.14. The van der Waals surface area contributed by atoms with E-state index in [1.807, 2.05) is 6.08 Å². The molecule has 2 atom stereocenters. The van der Waals surface area contributed by atoms with Crippen molar-refractivity contribution in [2.75, 3.05) is 13.2 Å². The second-order valence-corrected chi connectivity index (χ2v) is 3.65. The van der Waals surface area contributed by atoms with Crippen LogP contribution in [0, 0.1) is 0 Å². The molecule has 0 radical (unpaired) electrons. The Bertz CT molecular complexity index is 141. The molecule has 1 N–H and O–H groups in total. The molecular weight excluding hydrogens is 162 g/mol. The Hall–Kier alpha value is -0.340. The van der Waals surface area contributed by atoms with Gasteiger partial charge in [-0.3, -0.25) is 0 Å². The fraction of sp³-hybridized carbons (Fsp3) is 0.818. The van der Waals surface area contributed by atoms with Crippen LogP contribution in [0.1, 0.15) is 32.6 Å². The summed E-state index contributed by atoms with van der Waals surface area (Å²) in [7, 11) is 0. The van der Waals surface area contributed by atoms with Crippen molar-refractivity contribution < 1.29 is 4.74 Å². The van der Waals surface area contributed by atoms with Gasteiger partial charge in [0, 0.05) is 12.6 Å². The average Bonchev–Trinajstić information content (AvgIpc) is 2.58. The van der Waals surface area contributed by atoms with Crippen LogP contribution < -0.4 is 5.32 Å². The van der Waals surface area contributed by atoms with Crippen molar-refractivity contribution in [3.05, 3.63) is 12.7 Å². The first-order valence-electron chi connectivity index (χ1n) is 5.32. The molecule has 13 heavy (non-hydrogen) atoms. The van der Waals surface area contributed by atoms with Gasteiger partial charge in [-0.25, -0.2) is 0 Å². The van der Waals surface area contributed by atoms with Crippen LogP contribution in [0.5, 0.6) is 0 Å².